The van der Waals surface area contributed by atoms with Crippen LogP contribution in [0.1, 0.15) is 41.6 Å². The Labute approximate surface area is 163 Å². The van der Waals surface area contributed by atoms with Gasteiger partial charge in [-0.25, -0.2) is 4.39 Å². The molecule has 0 aromatic heterocycles. The fourth-order valence-corrected chi connectivity index (χ4v) is 3.10. The molecule has 0 radical (unpaired) electrons. The first-order valence-electron chi connectivity index (χ1n) is 8.69. The van der Waals surface area contributed by atoms with Crippen LogP contribution in [0.25, 0.3) is 0 Å². The van der Waals surface area contributed by atoms with Gasteiger partial charge in [-0.15, -0.1) is 12.4 Å². The molecule has 0 spiro atoms. The Balaban J connectivity index is 0.00000261. The van der Waals surface area contributed by atoms with Crippen LogP contribution in [0.4, 0.5) is 10.1 Å². The molecule has 1 aliphatic rings. The van der Waals surface area contributed by atoms with Gasteiger partial charge in [0.1, 0.15) is 5.82 Å². The van der Waals surface area contributed by atoms with Crippen molar-refractivity contribution in [3.63, 3.8) is 0 Å². The van der Waals surface area contributed by atoms with E-state index in [1.165, 1.54) is 24.3 Å². The zero-order valence-electron chi connectivity index (χ0n) is 14.8. The average Bonchev–Trinajstić information content (AvgIpc) is 3.09. The van der Waals surface area contributed by atoms with Gasteiger partial charge in [-0.05, 0) is 54.8 Å². The number of hydrogen-bond acceptors (Lipinski definition) is 3. The van der Waals surface area contributed by atoms with Crippen molar-refractivity contribution in [2.45, 2.75) is 37.8 Å². The number of benzene rings is 2. The summed E-state index contributed by atoms with van der Waals surface area (Å²) >= 11 is 0. The van der Waals surface area contributed by atoms with E-state index < -0.39 is 5.54 Å². The van der Waals surface area contributed by atoms with Crippen LogP contribution < -0.4 is 16.4 Å². The molecular weight excluding hydrogens is 369 g/mol. The smallest absolute Gasteiger partial charge is 0.255 e. The monoisotopic (exact) mass is 391 g/mol. The number of anilines is 1. The fraction of sp³-hybridized carbons (Fsp3) is 0.300. The first-order valence-corrected chi connectivity index (χ1v) is 8.69. The van der Waals surface area contributed by atoms with Crippen molar-refractivity contribution >= 4 is 29.9 Å². The third kappa shape index (κ3) is 5.28. The molecule has 27 heavy (non-hydrogen) atoms. The number of carbonyl (C=O) groups is 2. The van der Waals surface area contributed by atoms with Crippen LogP contribution in [-0.4, -0.2) is 17.4 Å². The number of halogens is 2. The molecule has 2 aromatic rings. The molecule has 1 fully saturated rings. The van der Waals surface area contributed by atoms with E-state index in [2.05, 4.69) is 10.6 Å². The number of nitrogens with one attached hydrogen (secondary N) is 2. The van der Waals surface area contributed by atoms with Gasteiger partial charge in [0, 0.05) is 17.8 Å². The van der Waals surface area contributed by atoms with Gasteiger partial charge in [0.2, 0.25) is 5.91 Å². The molecule has 2 amide bonds. The van der Waals surface area contributed by atoms with Crippen LogP contribution in [-0.2, 0) is 11.3 Å². The average molecular weight is 392 g/mol. The molecule has 0 bridgehead atoms. The maximum Gasteiger partial charge on any atom is 0.255 e. The molecule has 0 aliphatic heterocycles. The summed E-state index contributed by atoms with van der Waals surface area (Å²) in [5.74, 6) is -0.800. The van der Waals surface area contributed by atoms with Crippen molar-refractivity contribution in [3.8, 4) is 0 Å². The molecule has 5 nitrogen and oxygen atoms in total. The summed E-state index contributed by atoms with van der Waals surface area (Å²) in [4.78, 5) is 24.3. The molecule has 3 rings (SSSR count). The fourth-order valence-electron chi connectivity index (χ4n) is 3.10. The van der Waals surface area contributed by atoms with Crippen LogP contribution in [0.2, 0.25) is 0 Å². The van der Waals surface area contributed by atoms with Crippen molar-refractivity contribution in [2.24, 2.45) is 5.73 Å². The predicted molar refractivity (Wildman–Crippen MR) is 105 cm³/mol. The number of nitrogens with two attached hydrogens (primary N) is 1. The van der Waals surface area contributed by atoms with E-state index in [0.29, 0.717) is 17.8 Å². The highest BCUT2D eigenvalue weighted by Crippen LogP contribution is 2.27. The van der Waals surface area contributed by atoms with Crippen LogP contribution in [0, 0.1) is 5.82 Å². The van der Waals surface area contributed by atoms with E-state index in [1.54, 1.807) is 12.1 Å². The normalized spacial score (nSPS) is 14.9. The van der Waals surface area contributed by atoms with E-state index in [4.69, 9.17) is 5.73 Å². The van der Waals surface area contributed by atoms with Gasteiger partial charge in [-0.2, -0.15) is 0 Å². The van der Waals surface area contributed by atoms with Crippen LogP contribution in [0.3, 0.4) is 0 Å². The summed E-state index contributed by atoms with van der Waals surface area (Å²) in [7, 11) is 0. The molecule has 7 heteroatoms. The molecule has 4 N–H and O–H groups in total. The van der Waals surface area contributed by atoms with Crippen LogP contribution in [0.5, 0.6) is 0 Å². The standard InChI is InChI=1S/C20H22FN3O2.ClH/c21-16-7-5-15(6-8-16)18(25)24-17-9-3-14(4-10-17)13-23-19(26)20(22)11-1-2-12-20;/h3-10H,1-2,11-13,22H2,(H,23,26)(H,24,25);1H. The number of hydrogen-bond donors (Lipinski definition) is 3. The van der Waals surface area contributed by atoms with Crippen molar-refractivity contribution in [3.05, 3.63) is 65.5 Å². The lowest BCUT2D eigenvalue weighted by atomic mass is 9.98. The first-order chi connectivity index (χ1) is 12.5. The molecule has 2 aromatic carbocycles. The zero-order valence-corrected chi connectivity index (χ0v) is 15.7. The Kier molecular flexibility index (Phi) is 6.93. The summed E-state index contributed by atoms with van der Waals surface area (Å²) in [6, 6.07) is 12.5. The van der Waals surface area contributed by atoms with Gasteiger partial charge in [0.25, 0.3) is 5.91 Å². The van der Waals surface area contributed by atoms with Crippen molar-refractivity contribution in [1.82, 2.24) is 5.32 Å². The van der Waals surface area contributed by atoms with Crippen LogP contribution in [0.15, 0.2) is 48.5 Å². The summed E-state index contributed by atoms with van der Waals surface area (Å²) in [6.07, 6.45) is 3.44. The Hall–Kier alpha value is -2.44. The van der Waals surface area contributed by atoms with Crippen molar-refractivity contribution in [1.29, 1.82) is 0 Å². The Morgan fingerprint density at radius 2 is 1.59 bits per heavy atom. The SMILES string of the molecule is Cl.NC1(C(=O)NCc2ccc(NC(=O)c3ccc(F)cc3)cc2)CCCC1. The molecular formula is C20H23ClFN3O2. The second kappa shape index (κ2) is 8.97. The largest absolute Gasteiger partial charge is 0.350 e. The van der Waals surface area contributed by atoms with Crippen molar-refractivity contribution in [2.75, 3.05) is 5.32 Å². The molecule has 0 unspecified atom stereocenters. The number of amides is 2. The Morgan fingerprint density at radius 1 is 1.00 bits per heavy atom. The predicted octanol–water partition coefficient (Wildman–Crippen LogP) is 3.39. The van der Waals surface area contributed by atoms with E-state index in [0.717, 1.165) is 31.2 Å². The zero-order chi connectivity index (χ0) is 18.6. The quantitative estimate of drug-likeness (QED) is 0.730. The number of rotatable bonds is 5. The van der Waals surface area contributed by atoms with E-state index >= 15 is 0 Å². The van der Waals surface area contributed by atoms with Gasteiger partial charge in [-0.1, -0.05) is 25.0 Å². The summed E-state index contributed by atoms with van der Waals surface area (Å²) in [6.45, 7) is 0.393. The molecule has 144 valence electrons. The topological polar surface area (TPSA) is 84.2 Å². The van der Waals surface area contributed by atoms with E-state index in [-0.39, 0.29) is 30.0 Å². The summed E-state index contributed by atoms with van der Waals surface area (Å²) < 4.78 is 12.9. The van der Waals surface area contributed by atoms with Crippen LogP contribution >= 0.6 is 12.4 Å². The lowest BCUT2D eigenvalue weighted by molar-refractivity contribution is -0.126. The van der Waals surface area contributed by atoms with E-state index in [1.807, 2.05) is 12.1 Å². The Morgan fingerprint density at radius 3 is 2.19 bits per heavy atom. The van der Waals surface area contributed by atoms with Gasteiger partial charge < -0.3 is 16.4 Å². The maximum atomic E-state index is 12.9. The molecule has 0 atom stereocenters. The highest BCUT2D eigenvalue weighted by Gasteiger charge is 2.36. The van der Waals surface area contributed by atoms with E-state index in [9.17, 15) is 14.0 Å². The third-order valence-electron chi connectivity index (χ3n) is 4.72. The maximum absolute atomic E-state index is 12.9. The minimum atomic E-state index is -0.733. The number of carbonyl (C=O) groups excluding carboxylic acids is 2. The minimum absolute atomic E-state index is 0. The summed E-state index contributed by atoms with van der Waals surface area (Å²) in [5, 5.41) is 5.64. The second-order valence-electron chi connectivity index (χ2n) is 6.70. The molecule has 1 saturated carbocycles. The van der Waals surface area contributed by atoms with Crippen molar-refractivity contribution < 1.29 is 14.0 Å². The van der Waals surface area contributed by atoms with Gasteiger partial charge >= 0.3 is 0 Å². The second-order valence-corrected chi connectivity index (χ2v) is 6.70. The first kappa shape index (κ1) is 20.9. The summed E-state index contributed by atoms with van der Waals surface area (Å²) in [5.41, 5.74) is 7.32. The highest BCUT2D eigenvalue weighted by atomic mass is 35.5. The minimum Gasteiger partial charge on any atom is -0.350 e. The highest BCUT2D eigenvalue weighted by molar-refractivity contribution is 6.04. The molecule has 0 saturated heterocycles. The van der Waals surface area contributed by atoms with Gasteiger partial charge in [-0.3, -0.25) is 9.59 Å². The van der Waals surface area contributed by atoms with Gasteiger partial charge in [0.05, 0.1) is 5.54 Å². The lowest BCUT2D eigenvalue weighted by Gasteiger charge is -2.22. The van der Waals surface area contributed by atoms with Gasteiger partial charge in [0.15, 0.2) is 0 Å². The third-order valence-corrected chi connectivity index (χ3v) is 4.72. The molecule has 0 heterocycles. The lowest BCUT2D eigenvalue weighted by Crippen LogP contribution is -2.51. The Bertz CT molecular complexity index is 788. The molecule has 1 aliphatic carbocycles.